The van der Waals surface area contributed by atoms with Gasteiger partial charge in [0.25, 0.3) is 5.91 Å². The van der Waals surface area contributed by atoms with Crippen molar-refractivity contribution in [1.82, 2.24) is 14.8 Å². The highest BCUT2D eigenvalue weighted by Gasteiger charge is 2.40. The summed E-state index contributed by atoms with van der Waals surface area (Å²) < 4.78 is 33.3. The van der Waals surface area contributed by atoms with Crippen molar-refractivity contribution in [3.05, 3.63) is 83.6 Å². The Balaban J connectivity index is 1.61. The lowest BCUT2D eigenvalue weighted by Gasteiger charge is -2.34. The first-order chi connectivity index (χ1) is 15.4. The third-order valence-corrected chi connectivity index (χ3v) is 6.97. The van der Waals surface area contributed by atoms with Crippen LogP contribution in [0.4, 0.5) is 0 Å². The van der Waals surface area contributed by atoms with Crippen LogP contribution in [0.15, 0.2) is 71.8 Å². The molecule has 3 aromatic rings. The fourth-order valence-corrected chi connectivity index (χ4v) is 5.08. The van der Waals surface area contributed by atoms with Gasteiger partial charge < -0.3 is 4.74 Å². The lowest BCUT2D eigenvalue weighted by atomic mass is 9.94. The van der Waals surface area contributed by atoms with Crippen LogP contribution in [0.25, 0.3) is 0 Å². The number of nitrogens with one attached hydrogen (secondary N) is 1. The average molecular weight is 450 g/mol. The van der Waals surface area contributed by atoms with Crippen LogP contribution in [0.1, 0.15) is 22.7 Å². The van der Waals surface area contributed by atoms with E-state index in [0.717, 1.165) is 16.1 Å². The summed E-state index contributed by atoms with van der Waals surface area (Å²) in [4.78, 5) is 16.4. The molecule has 1 atom stereocenters. The van der Waals surface area contributed by atoms with Crippen LogP contribution in [0, 0.1) is 11.3 Å². The Morgan fingerprint density at radius 1 is 1.16 bits per heavy atom. The molecule has 32 heavy (non-hydrogen) atoms. The minimum Gasteiger partial charge on any atom is -0.439 e. The number of carbonyl (C=O) groups excluding carboxylic acids is 1. The number of hydroxylamine groups is 1. The first kappa shape index (κ1) is 21.5. The SMILES string of the molecule is N#Cc1ccc(Oc2ccc(S(=O)(=O)N3CCc4ccccc4C3C(=O)NO)cn2)cc1. The number of benzene rings is 2. The van der Waals surface area contributed by atoms with Crippen molar-refractivity contribution in [3.63, 3.8) is 0 Å². The van der Waals surface area contributed by atoms with Crippen molar-refractivity contribution in [2.75, 3.05) is 6.54 Å². The number of hydrogen-bond donors (Lipinski definition) is 2. The number of amides is 1. The van der Waals surface area contributed by atoms with Gasteiger partial charge in [0, 0.05) is 12.6 Å². The van der Waals surface area contributed by atoms with Crippen LogP contribution in [-0.2, 0) is 21.2 Å². The van der Waals surface area contributed by atoms with E-state index in [4.69, 9.17) is 10.00 Å². The molecule has 0 saturated carbocycles. The molecule has 4 rings (SSSR count). The van der Waals surface area contributed by atoms with E-state index >= 15 is 0 Å². The van der Waals surface area contributed by atoms with Crippen molar-refractivity contribution in [2.24, 2.45) is 0 Å². The summed E-state index contributed by atoms with van der Waals surface area (Å²) >= 11 is 0. The van der Waals surface area contributed by atoms with E-state index < -0.39 is 22.0 Å². The van der Waals surface area contributed by atoms with E-state index in [9.17, 15) is 18.4 Å². The number of nitriles is 1. The monoisotopic (exact) mass is 450 g/mol. The molecule has 0 saturated heterocycles. The van der Waals surface area contributed by atoms with Gasteiger partial charge in [0.1, 0.15) is 16.7 Å². The molecule has 9 nitrogen and oxygen atoms in total. The van der Waals surface area contributed by atoms with Gasteiger partial charge in [0.2, 0.25) is 15.9 Å². The van der Waals surface area contributed by atoms with Gasteiger partial charge in [-0.3, -0.25) is 10.0 Å². The van der Waals surface area contributed by atoms with Crippen molar-refractivity contribution in [3.8, 4) is 17.7 Å². The zero-order chi connectivity index (χ0) is 22.7. The Labute approximate surface area is 184 Å². The number of hydrogen-bond acceptors (Lipinski definition) is 7. The molecule has 0 spiro atoms. The van der Waals surface area contributed by atoms with Crippen LogP contribution in [0.3, 0.4) is 0 Å². The Hall–Kier alpha value is -3.78. The molecule has 10 heteroatoms. The summed E-state index contributed by atoms with van der Waals surface area (Å²) in [5.41, 5.74) is 3.42. The van der Waals surface area contributed by atoms with Gasteiger partial charge in [-0.15, -0.1) is 0 Å². The van der Waals surface area contributed by atoms with Gasteiger partial charge in [0.05, 0.1) is 17.8 Å². The van der Waals surface area contributed by atoms with E-state index in [1.807, 2.05) is 18.2 Å². The Morgan fingerprint density at radius 2 is 1.91 bits per heavy atom. The fraction of sp³-hybridized carbons (Fsp3) is 0.136. The maximum atomic E-state index is 13.3. The number of aromatic nitrogens is 1. The van der Waals surface area contributed by atoms with E-state index in [2.05, 4.69) is 4.98 Å². The van der Waals surface area contributed by atoms with Crippen LogP contribution in [-0.4, -0.2) is 35.4 Å². The molecular weight excluding hydrogens is 432 g/mol. The highest BCUT2D eigenvalue weighted by atomic mass is 32.2. The van der Waals surface area contributed by atoms with Crippen molar-refractivity contribution >= 4 is 15.9 Å². The second kappa shape index (κ2) is 8.76. The summed E-state index contributed by atoms with van der Waals surface area (Å²) in [6.07, 6.45) is 1.58. The molecule has 2 N–H and O–H groups in total. The minimum atomic E-state index is -4.10. The Kier molecular flexibility index (Phi) is 5.87. The Morgan fingerprint density at radius 3 is 2.56 bits per heavy atom. The summed E-state index contributed by atoms with van der Waals surface area (Å²) in [5.74, 6) is -0.226. The van der Waals surface area contributed by atoms with Crippen LogP contribution in [0.5, 0.6) is 11.6 Å². The molecule has 2 aromatic carbocycles. The molecule has 1 aliphatic heterocycles. The lowest BCUT2D eigenvalue weighted by molar-refractivity contribution is -0.133. The maximum absolute atomic E-state index is 13.3. The zero-order valence-electron chi connectivity index (χ0n) is 16.7. The lowest BCUT2D eigenvalue weighted by Crippen LogP contribution is -2.46. The normalized spacial score (nSPS) is 15.9. The van der Waals surface area contributed by atoms with Gasteiger partial charge in [-0.1, -0.05) is 24.3 Å². The van der Waals surface area contributed by atoms with E-state index in [0.29, 0.717) is 23.3 Å². The first-order valence-electron chi connectivity index (χ1n) is 9.61. The molecule has 162 valence electrons. The predicted molar refractivity (Wildman–Crippen MR) is 112 cm³/mol. The fourth-order valence-electron chi connectivity index (χ4n) is 3.57. The van der Waals surface area contributed by atoms with Gasteiger partial charge >= 0.3 is 0 Å². The summed E-state index contributed by atoms with van der Waals surface area (Å²) in [5, 5.41) is 18.1. The molecule has 0 aliphatic carbocycles. The highest BCUT2D eigenvalue weighted by molar-refractivity contribution is 7.89. The molecule has 1 amide bonds. The Bertz CT molecular complexity index is 1290. The minimum absolute atomic E-state index is 0.0704. The number of sulfonamides is 1. The molecular formula is C22H18N4O5S. The standard InChI is InChI=1S/C22H18N4O5S/c23-13-15-5-7-17(8-6-15)31-20-10-9-18(14-24-20)32(29,30)26-12-11-16-3-1-2-4-19(16)21(26)22(27)25-28/h1-10,14,21,28H,11-12H2,(H,25,27). The number of nitrogens with zero attached hydrogens (tertiary/aromatic N) is 3. The number of ether oxygens (including phenoxy) is 1. The van der Waals surface area contributed by atoms with Crippen molar-refractivity contribution in [1.29, 1.82) is 5.26 Å². The molecule has 2 heterocycles. The van der Waals surface area contributed by atoms with Gasteiger partial charge in [-0.05, 0) is 47.9 Å². The highest BCUT2D eigenvalue weighted by Crippen LogP contribution is 2.34. The maximum Gasteiger partial charge on any atom is 0.266 e. The van der Waals surface area contributed by atoms with Crippen LogP contribution < -0.4 is 10.2 Å². The van der Waals surface area contributed by atoms with Crippen LogP contribution >= 0.6 is 0 Å². The van der Waals surface area contributed by atoms with Crippen molar-refractivity contribution < 1.29 is 23.2 Å². The van der Waals surface area contributed by atoms with E-state index in [1.54, 1.807) is 41.9 Å². The molecule has 1 aliphatic rings. The van der Waals surface area contributed by atoms with Gasteiger partial charge in [0.15, 0.2) is 0 Å². The smallest absolute Gasteiger partial charge is 0.266 e. The topological polar surface area (TPSA) is 133 Å². The van der Waals surface area contributed by atoms with Gasteiger partial charge in [-0.2, -0.15) is 9.57 Å². The number of fused-ring (bicyclic) bond motifs is 1. The predicted octanol–water partition coefficient (Wildman–Crippen LogP) is 2.54. The number of carbonyl (C=O) groups is 1. The number of pyridine rings is 1. The first-order valence-corrected chi connectivity index (χ1v) is 11.1. The van der Waals surface area contributed by atoms with Gasteiger partial charge in [-0.25, -0.2) is 18.9 Å². The van der Waals surface area contributed by atoms with E-state index in [1.165, 1.54) is 12.1 Å². The molecule has 0 radical (unpaired) electrons. The van der Waals surface area contributed by atoms with Crippen LogP contribution in [0.2, 0.25) is 0 Å². The number of rotatable bonds is 5. The summed E-state index contributed by atoms with van der Waals surface area (Å²) in [6.45, 7) is 0.0704. The largest absolute Gasteiger partial charge is 0.439 e. The third kappa shape index (κ3) is 4.04. The van der Waals surface area contributed by atoms with Crippen molar-refractivity contribution in [2.45, 2.75) is 17.4 Å². The second-order valence-electron chi connectivity index (χ2n) is 7.01. The van der Waals surface area contributed by atoms with E-state index in [-0.39, 0.29) is 17.3 Å². The molecule has 0 fully saturated rings. The average Bonchev–Trinajstić information content (AvgIpc) is 2.83. The second-order valence-corrected chi connectivity index (χ2v) is 8.90. The third-order valence-electron chi connectivity index (χ3n) is 5.12. The molecule has 1 unspecified atom stereocenters. The quantitative estimate of drug-likeness (QED) is 0.451. The molecule has 1 aromatic heterocycles. The zero-order valence-corrected chi connectivity index (χ0v) is 17.5. The summed E-state index contributed by atoms with van der Waals surface area (Å²) in [6, 6.07) is 17.0. The summed E-state index contributed by atoms with van der Waals surface area (Å²) in [7, 11) is -4.10. The molecule has 0 bridgehead atoms.